The molecule has 1 heterocycles. The van der Waals surface area contributed by atoms with Crippen LogP contribution in [0.2, 0.25) is 0 Å². The molecular formula is C11H15NO2S. The van der Waals surface area contributed by atoms with E-state index in [-0.39, 0.29) is 0 Å². The van der Waals surface area contributed by atoms with Crippen LogP contribution in [-0.4, -0.2) is 16.5 Å². The van der Waals surface area contributed by atoms with Crippen molar-refractivity contribution in [3.8, 4) is 0 Å². The van der Waals surface area contributed by atoms with Gasteiger partial charge in [0.1, 0.15) is 12.0 Å². The van der Waals surface area contributed by atoms with Crippen LogP contribution in [0, 0.1) is 5.92 Å². The summed E-state index contributed by atoms with van der Waals surface area (Å²) in [5.74, 6) is 1.72. The first-order valence-corrected chi connectivity index (χ1v) is 6.37. The molecule has 82 valence electrons. The third-order valence-electron chi connectivity index (χ3n) is 2.53. The lowest BCUT2D eigenvalue weighted by Crippen LogP contribution is -2.01. The number of nitrogens with zero attached hydrogens (tertiary/aromatic N) is 1. The molecule has 0 aliphatic heterocycles. The average molecular weight is 225 g/mol. The summed E-state index contributed by atoms with van der Waals surface area (Å²) in [5.41, 5.74) is 0. The Kier molecular flexibility index (Phi) is 3.83. The fraction of sp³-hybridized carbons (Fsp3) is 0.636. The number of aromatic nitrogens is 1. The Morgan fingerprint density at radius 1 is 1.60 bits per heavy atom. The minimum absolute atomic E-state index is 0.304. The number of hydrogen-bond acceptors (Lipinski definition) is 4. The summed E-state index contributed by atoms with van der Waals surface area (Å²) in [7, 11) is 0. The van der Waals surface area contributed by atoms with Crippen molar-refractivity contribution in [2.45, 2.75) is 37.3 Å². The molecule has 3 nitrogen and oxygen atoms in total. The lowest BCUT2D eigenvalue weighted by Gasteiger charge is -1.98. The summed E-state index contributed by atoms with van der Waals surface area (Å²) in [5, 5.41) is 0.588. The summed E-state index contributed by atoms with van der Waals surface area (Å²) in [6.07, 6.45) is 8.87. The molecule has 1 aromatic heterocycles. The molecule has 0 aromatic carbocycles. The number of ketones is 1. The maximum absolute atomic E-state index is 11.4. The van der Waals surface area contributed by atoms with Crippen molar-refractivity contribution in [3.63, 3.8) is 0 Å². The Labute approximate surface area is 93.6 Å². The van der Waals surface area contributed by atoms with Crippen molar-refractivity contribution in [2.75, 3.05) is 5.75 Å². The molecule has 1 fully saturated rings. The lowest BCUT2D eigenvalue weighted by atomic mass is 10.1. The van der Waals surface area contributed by atoms with E-state index in [1.165, 1.54) is 37.3 Å². The minimum atomic E-state index is 0.304. The number of carbonyl (C=O) groups excluding carboxylic acids is 1. The van der Waals surface area contributed by atoms with Crippen LogP contribution in [0.25, 0.3) is 0 Å². The summed E-state index contributed by atoms with van der Waals surface area (Å²) in [6.45, 7) is 0. The van der Waals surface area contributed by atoms with Gasteiger partial charge in [-0.2, -0.15) is 0 Å². The van der Waals surface area contributed by atoms with Gasteiger partial charge in [-0.15, -0.1) is 0 Å². The third-order valence-corrected chi connectivity index (χ3v) is 3.45. The van der Waals surface area contributed by atoms with Crippen LogP contribution in [0.15, 0.2) is 22.1 Å². The molecule has 15 heavy (non-hydrogen) atoms. The molecule has 0 unspecified atom stereocenters. The summed E-state index contributed by atoms with van der Waals surface area (Å²) in [4.78, 5) is 15.4. The molecule has 0 atom stereocenters. The topological polar surface area (TPSA) is 43.1 Å². The first-order valence-electron chi connectivity index (χ1n) is 5.38. The quantitative estimate of drug-likeness (QED) is 0.669. The number of hydrogen-bond donors (Lipinski definition) is 0. The summed E-state index contributed by atoms with van der Waals surface area (Å²) < 4.78 is 5.04. The first kappa shape index (κ1) is 10.7. The van der Waals surface area contributed by atoms with E-state index in [0.29, 0.717) is 23.2 Å². The van der Waals surface area contributed by atoms with E-state index in [0.717, 1.165) is 12.3 Å². The summed E-state index contributed by atoms with van der Waals surface area (Å²) >= 11 is 1.38. The van der Waals surface area contributed by atoms with Gasteiger partial charge in [-0.1, -0.05) is 31.0 Å². The van der Waals surface area contributed by atoms with E-state index < -0.39 is 0 Å². The first-order chi connectivity index (χ1) is 7.34. The number of thioether (sulfide) groups is 1. The van der Waals surface area contributed by atoms with Gasteiger partial charge in [-0.3, -0.25) is 4.79 Å². The van der Waals surface area contributed by atoms with Crippen LogP contribution in [0.5, 0.6) is 0 Å². The number of carbonyl (C=O) groups is 1. The van der Waals surface area contributed by atoms with E-state index in [2.05, 4.69) is 4.98 Å². The molecule has 0 N–H and O–H groups in total. The molecule has 1 aromatic rings. The number of Topliss-reactive ketones (excluding diaryl/α,β-unsaturated/α-hetero) is 1. The second-order valence-corrected chi connectivity index (χ2v) is 4.89. The maximum atomic E-state index is 11.4. The van der Waals surface area contributed by atoms with Crippen molar-refractivity contribution in [2.24, 2.45) is 5.92 Å². The van der Waals surface area contributed by atoms with Gasteiger partial charge in [0.05, 0.1) is 11.9 Å². The Morgan fingerprint density at radius 2 is 2.47 bits per heavy atom. The SMILES string of the molecule is O=C(CCCC1CC1)CSc1ncco1. The van der Waals surface area contributed by atoms with E-state index >= 15 is 0 Å². The standard InChI is InChI=1S/C11H15NO2S/c13-10(3-1-2-9-4-5-9)8-15-11-12-6-7-14-11/h6-7,9H,1-5,8H2. The van der Waals surface area contributed by atoms with Gasteiger partial charge in [0.2, 0.25) is 0 Å². The van der Waals surface area contributed by atoms with E-state index in [9.17, 15) is 4.79 Å². The van der Waals surface area contributed by atoms with E-state index in [1.807, 2.05) is 0 Å². The molecular weight excluding hydrogens is 210 g/mol. The number of rotatable bonds is 7. The Hall–Kier alpha value is -0.770. The molecule has 2 rings (SSSR count). The van der Waals surface area contributed by atoms with Crippen LogP contribution in [0.3, 0.4) is 0 Å². The molecule has 0 amide bonds. The predicted molar refractivity (Wildman–Crippen MR) is 58.8 cm³/mol. The molecule has 0 radical (unpaired) electrons. The largest absolute Gasteiger partial charge is 0.440 e. The van der Waals surface area contributed by atoms with Crippen molar-refractivity contribution in [3.05, 3.63) is 12.5 Å². The average Bonchev–Trinajstić information content (AvgIpc) is 2.91. The van der Waals surface area contributed by atoms with Crippen molar-refractivity contribution in [1.82, 2.24) is 4.98 Å². The fourth-order valence-corrected chi connectivity index (χ4v) is 2.18. The van der Waals surface area contributed by atoms with Crippen LogP contribution < -0.4 is 0 Å². The fourth-order valence-electron chi connectivity index (χ4n) is 1.49. The van der Waals surface area contributed by atoms with Crippen LogP contribution >= 0.6 is 11.8 Å². The van der Waals surface area contributed by atoms with Crippen molar-refractivity contribution in [1.29, 1.82) is 0 Å². The third kappa shape index (κ3) is 4.08. The second kappa shape index (κ2) is 5.35. The van der Waals surface area contributed by atoms with Gasteiger partial charge >= 0.3 is 0 Å². The molecule has 4 heteroatoms. The van der Waals surface area contributed by atoms with E-state index in [1.54, 1.807) is 6.20 Å². The Bertz CT molecular complexity index is 306. The second-order valence-electron chi connectivity index (χ2n) is 3.96. The molecule has 1 saturated carbocycles. The highest BCUT2D eigenvalue weighted by Crippen LogP contribution is 2.33. The maximum Gasteiger partial charge on any atom is 0.255 e. The molecule has 1 aliphatic rings. The zero-order valence-corrected chi connectivity index (χ0v) is 9.46. The van der Waals surface area contributed by atoms with Crippen molar-refractivity contribution >= 4 is 17.5 Å². The van der Waals surface area contributed by atoms with Gasteiger partial charge in [0.25, 0.3) is 5.22 Å². The Morgan fingerprint density at radius 3 is 3.13 bits per heavy atom. The van der Waals surface area contributed by atoms with Gasteiger partial charge in [0, 0.05) is 6.42 Å². The van der Waals surface area contributed by atoms with Gasteiger partial charge in [-0.05, 0) is 12.3 Å². The van der Waals surface area contributed by atoms with Gasteiger partial charge in [-0.25, -0.2) is 4.98 Å². The highest BCUT2D eigenvalue weighted by atomic mass is 32.2. The Balaban J connectivity index is 1.55. The van der Waals surface area contributed by atoms with Crippen LogP contribution in [0.1, 0.15) is 32.1 Å². The van der Waals surface area contributed by atoms with Crippen LogP contribution in [-0.2, 0) is 4.79 Å². The molecule has 0 bridgehead atoms. The zero-order valence-electron chi connectivity index (χ0n) is 8.65. The number of oxazole rings is 1. The van der Waals surface area contributed by atoms with Gasteiger partial charge in [0.15, 0.2) is 0 Å². The molecule has 0 spiro atoms. The lowest BCUT2D eigenvalue weighted by molar-refractivity contribution is -0.116. The zero-order chi connectivity index (χ0) is 10.5. The van der Waals surface area contributed by atoms with Crippen LogP contribution in [0.4, 0.5) is 0 Å². The molecule has 0 saturated heterocycles. The van der Waals surface area contributed by atoms with Gasteiger partial charge < -0.3 is 4.42 Å². The van der Waals surface area contributed by atoms with Crippen molar-refractivity contribution < 1.29 is 9.21 Å². The molecule has 1 aliphatic carbocycles. The smallest absolute Gasteiger partial charge is 0.255 e. The minimum Gasteiger partial charge on any atom is -0.440 e. The van der Waals surface area contributed by atoms with E-state index in [4.69, 9.17) is 4.42 Å². The highest BCUT2D eigenvalue weighted by Gasteiger charge is 2.20. The predicted octanol–water partition coefficient (Wildman–Crippen LogP) is 2.92. The summed E-state index contributed by atoms with van der Waals surface area (Å²) in [6, 6.07) is 0. The highest BCUT2D eigenvalue weighted by molar-refractivity contribution is 7.99. The monoisotopic (exact) mass is 225 g/mol. The normalized spacial score (nSPS) is 15.5.